The van der Waals surface area contributed by atoms with E-state index < -0.39 is 34.3 Å². The SMILES string of the molecule is N#Cc1ccc(-n2nc(-c3cccc(C(O)(O)F)c3C(O)(O)F)c3ncccc3c2=O)cc1. The summed E-state index contributed by atoms with van der Waals surface area (Å²) in [6.45, 7) is 0. The highest BCUT2D eigenvalue weighted by atomic mass is 19.2. The summed E-state index contributed by atoms with van der Waals surface area (Å²) in [7, 11) is 0. The average Bonchev–Trinajstić information content (AvgIpc) is 2.78. The molecular formula is C22H14F2N4O5. The van der Waals surface area contributed by atoms with Crippen LogP contribution in [0.15, 0.2) is 65.6 Å². The molecule has 0 aliphatic heterocycles. The van der Waals surface area contributed by atoms with Crippen LogP contribution in [-0.2, 0) is 12.1 Å². The highest BCUT2D eigenvalue weighted by molar-refractivity contribution is 5.91. The highest BCUT2D eigenvalue weighted by Gasteiger charge is 2.40. The molecule has 4 N–H and O–H groups in total. The smallest absolute Gasteiger partial charge is 0.336 e. The van der Waals surface area contributed by atoms with Crippen molar-refractivity contribution in [3.8, 4) is 23.0 Å². The number of fused-ring (bicyclic) bond motifs is 1. The molecule has 4 aromatic rings. The number of alkyl halides is 2. The third kappa shape index (κ3) is 3.95. The Morgan fingerprint density at radius 3 is 2.24 bits per heavy atom. The Hall–Kier alpha value is -4.08. The van der Waals surface area contributed by atoms with Crippen molar-refractivity contribution in [1.29, 1.82) is 5.26 Å². The zero-order valence-corrected chi connectivity index (χ0v) is 16.5. The third-order valence-electron chi connectivity index (χ3n) is 4.88. The van der Waals surface area contributed by atoms with Gasteiger partial charge in [-0.1, -0.05) is 18.2 Å². The van der Waals surface area contributed by atoms with E-state index in [0.717, 1.165) is 22.9 Å². The second-order valence-corrected chi connectivity index (χ2v) is 7.03. The summed E-state index contributed by atoms with van der Waals surface area (Å²) < 4.78 is 29.3. The Kier molecular flexibility index (Phi) is 5.23. The normalized spacial score (nSPS) is 12.0. The van der Waals surface area contributed by atoms with Gasteiger partial charge in [0.2, 0.25) is 0 Å². The summed E-state index contributed by atoms with van der Waals surface area (Å²) in [6, 6.07) is 5.16. The van der Waals surface area contributed by atoms with Gasteiger partial charge < -0.3 is 20.4 Å². The number of aromatic nitrogens is 3. The maximum atomic E-state index is 14.4. The van der Waals surface area contributed by atoms with Crippen LogP contribution in [-0.4, -0.2) is 35.2 Å². The molecule has 33 heavy (non-hydrogen) atoms. The lowest BCUT2D eigenvalue weighted by Crippen LogP contribution is -2.29. The summed E-state index contributed by atoms with van der Waals surface area (Å²) in [6.07, 6.45) is 1.31. The second kappa shape index (κ2) is 7.80. The highest BCUT2D eigenvalue weighted by Crippen LogP contribution is 2.39. The molecule has 0 saturated heterocycles. The van der Waals surface area contributed by atoms with Crippen LogP contribution >= 0.6 is 0 Å². The maximum Gasteiger partial charge on any atom is 0.345 e. The number of rotatable bonds is 4. The largest absolute Gasteiger partial charge is 0.345 e. The lowest BCUT2D eigenvalue weighted by molar-refractivity contribution is -0.290. The summed E-state index contributed by atoms with van der Waals surface area (Å²) in [5.74, 6) is 0. The number of hydrogen-bond donors (Lipinski definition) is 4. The Morgan fingerprint density at radius 1 is 0.939 bits per heavy atom. The van der Waals surface area contributed by atoms with E-state index in [9.17, 15) is 34.0 Å². The van der Waals surface area contributed by atoms with Gasteiger partial charge in [0, 0.05) is 11.8 Å². The zero-order chi connectivity index (χ0) is 24.0. The molecular weight excluding hydrogens is 438 g/mol. The van der Waals surface area contributed by atoms with Gasteiger partial charge in [0.15, 0.2) is 0 Å². The van der Waals surface area contributed by atoms with Crippen LogP contribution in [0.25, 0.3) is 27.8 Å². The first-order chi connectivity index (χ1) is 15.5. The predicted molar refractivity (Wildman–Crippen MR) is 110 cm³/mol. The molecule has 11 heteroatoms. The van der Waals surface area contributed by atoms with Crippen LogP contribution in [0.2, 0.25) is 0 Å². The van der Waals surface area contributed by atoms with Crippen molar-refractivity contribution in [2.24, 2.45) is 0 Å². The predicted octanol–water partition coefficient (Wildman–Crippen LogP) is 1.45. The van der Waals surface area contributed by atoms with Gasteiger partial charge in [0.1, 0.15) is 11.2 Å². The lowest BCUT2D eigenvalue weighted by atomic mass is 9.95. The van der Waals surface area contributed by atoms with E-state index in [4.69, 9.17) is 5.26 Å². The molecule has 0 bridgehead atoms. The second-order valence-electron chi connectivity index (χ2n) is 7.03. The van der Waals surface area contributed by atoms with Crippen molar-refractivity contribution in [3.05, 3.63) is 87.8 Å². The van der Waals surface area contributed by atoms with E-state index in [2.05, 4.69) is 10.1 Å². The molecule has 0 fully saturated rings. The van der Waals surface area contributed by atoms with E-state index in [0.29, 0.717) is 5.56 Å². The fraction of sp³-hybridized carbons (Fsp3) is 0.0909. The lowest BCUT2D eigenvalue weighted by Gasteiger charge is -2.23. The molecule has 2 heterocycles. The van der Waals surface area contributed by atoms with E-state index in [1.807, 2.05) is 6.07 Å². The molecule has 2 aromatic carbocycles. The van der Waals surface area contributed by atoms with Crippen molar-refractivity contribution < 1.29 is 29.2 Å². The van der Waals surface area contributed by atoms with Crippen LogP contribution in [0.3, 0.4) is 0 Å². The Bertz CT molecular complexity index is 1470. The Balaban J connectivity index is 2.12. The van der Waals surface area contributed by atoms with Gasteiger partial charge in [-0.15, -0.1) is 0 Å². The first-order valence-electron chi connectivity index (χ1n) is 9.32. The molecule has 0 saturated carbocycles. The van der Waals surface area contributed by atoms with Gasteiger partial charge in [0.25, 0.3) is 5.56 Å². The fourth-order valence-corrected chi connectivity index (χ4v) is 3.46. The molecule has 166 valence electrons. The number of halogens is 2. The van der Waals surface area contributed by atoms with Gasteiger partial charge in [-0.05, 0) is 36.4 Å². The van der Waals surface area contributed by atoms with Crippen LogP contribution in [0.1, 0.15) is 16.7 Å². The first-order valence-corrected chi connectivity index (χ1v) is 9.32. The van der Waals surface area contributed by atoms with Gasteiger partial charge in [-0.3, -0.25) is 9.78 Å². The Labute approximate surface area is 183 Å². The van der Waals surface area contributed by atoms with Crippen LogP contribution < -0.4 is 5.56 Å². The molecule has 2 aromatic heterocycles. The van der Waals surface area contributed by atoms with Crippen molar-refractivity contribution in [3.63, 3.8) is 0 Å². The van der Waals surface area contributed by atoms with Crippen molar-refractivity contribution in [1.82, 2.24) is 14.8 Å². The number of hydrogen-bond acceptors (Lipinski definition) is 8. The average molecular weight is 452 g/mol. The van der Waals surface area contributed by atoms with Crippen molar-refractivity contribution in [2.75, 3.05) is 0 Å². The molecule has 0 radical (unpaired) electrons. The minimum Gasteiger partial charge on any atom is -0.336 e. The quantitative estimate of drug-likeness (QED) is 0.340. The summed E-state index contributed by atoms with van der Waals surface area (Å²) in [4.78, 5) is 17.1. The van der Waals surface area contributed by atoms with E-state index in [1.165, 1.54) is 42.6 Å². The van der Waals surface area contributed by atoms with Gasteiger partial charge in [-0.25, -0.2) is 0 Å². The number of benzene rings is 2. The molecule has 0 atom stereocenters. The summed E-state index contributed by atoms with van der Waals surface area (Å²) >= 11 is 0. The number of aliphatic hydroxyl groups is 4. The molecule has 0 unspecified atom stereocenters. The summed E-state index contributed by atoms with van der Waals surface area (Å²) in [5, 5.41) is 51.4. The number of pyridine rings is 1. The first kappa shape index (κ1) is 22.1. The molecule has 9 nitrogen and oxygen atoms in total. The number of nitrogens with zero attached hydrogens (tertiary/aromatic N) is 4. The standard InChI is InChI=1S/C22H14F2N4O5/c23-21(30,31)16-5-1-3-14(17(16)22(24,32)33)19-18-15(4-2-10-26-18)20(29)28(27-19)13-8-6-12(11-25)7-9-13/h1-10,30-33H. The van der Waals surface area contributed by atoms with Crippen LogP contribution in [0.4, 0.5) is 8.78 Å². The van der Waals surface area contributed by atoms with Crippen molar-refractivity contribution in [2.45, 2.75) is 12.1 Å². The van der Waals surface area contributed by atoms with Gasteiger partial charge in [0.05, 0.1) is 33.8 Å². The number of nitriles is 1. The van der Waals surface area contributed by atoms with Crippen molar-refractivity contribution >= 4 is 10.9 Å². The van der Waals surface area contributed by atoms with Crippen LogP contribution in [0, 0.1) is 11.3 Å². The topological polar surface area (TPSA) is 152 Å². The summed E-state index contributed by atoms with van der Waals surface area (Å²) in [5.41, 5.74) is -3.35. The molecule has 0 aliphatic rings. The fourth-order valence-electron chi connectivity index (χ4n) is 3.46. The van der Waals surface area contributed by atoms with E-state index in [-0.39, 0.29) is 22.3 Å². The molecule has 0 spiro atoms. The molecule has 0 amide bonds. The van der Waals surface area contributed by atoms with E-state index in [1.54, 1.807) is 0 Å². The van der Waals surface area contributed by atoms with E-state index >= 15 is 0 Å². The monoisotopic (exact) mass is 452 g/mol. The van der Waals surface area contributed by atoms with Crippen LogP contribution in [0.5, 0.6) is 0 Å². The molecule has 4 rings (SSSR count). The zero-order valence-electron chi connectivity index (χ0n) is 16.5. The maximum absolute atomic E-state index is 14.4. The minimum atomic E-state index is -4.22. The van der Waals surface area contributed by atoms with Gasteiger partial charge in [-0.2, -0.15) is 23.8 Å². The minimum absolute atomic E-state index is 0.00283. The van der Waals surface area contributed by atoms with Gasteiger partial charge >= 0.3 is 12.1 Å². The Morgan fingerprint density at radius 2 is 1.64 bits per heavy atom. The molecule has 0 aliphatic carbocycles. The third-order valence-corrected chi connectivity index (χ3v) is 4.88.